The monoisotopic (exact) mass is 260 g/mol. The third-order valence-electron chi connectivity index (χ3n) is 2.96. The van der Waals surface area contributed by atoms with Crippen LogP contribution < -0.4 is 0 Å². The SMILES string of the molecule is Cc1ncc(CN2CCOCC2)cc1C(F)(F)F. The van der Waals surface area contributed by atoms with Crippen molar-refractivity contribution in [2.75, 3.05) is 26.3 Å². The van der Waals surface area contributed by atoms with Gasteiger partial charge in [-0.1, -0.05) is 0 Å². The van der Waals surface area contributed by atoms with Crippen LogP contribution >= 0.6 is 0 Å². The Hall–Kier alpha value is -1.14. The molecular weight excluding hydrogens is 245 g/mol. The second-order valence-corrected chi connectivity index (χ2v) is 4.36. The van der Waals surface area contributed by atoms with E-state index in [2.05, 4.69) is 9.88 Å². The van der Waals surface area contributed by atoms with Crippen LogP contribution in [0.3, 0.4) is 0 Å². The van der Waals surface area contributed by atoms with Gasteiger partial charge in [-0.2, -0.15) is 13.2 Å². The molecule has 1 fully saturated rings. The average Bonchev–Trinajstić information content (AvgIpc) is 2.31. The zero-order valence-corrected chi connectivity index (χ0v) is 10.1. The number of halogens is 3. The normalized spacial score (nSPS) is 18.0. The van der Waals surface area contributed by atoms with Crippen LogP contribution in [0.25, 0.3) is 0 Å². The highest BCUT2D eigenvalue weighted by molar-refractivity contribution is 5.27. The number of hydrogen-bond acceptors (Lipinski definition) is 3. The Morgan fingerprint density at radius 2 is 2.00 bits per heavy atom. The van der Waals surface area contributed by atoms with Gasteiger partial charge in [0.1, 0.15) is 0 Å². The quantitative estimate of drug-likeness (QED) is 0.815. The highest BCUT2D eigenvalue weighted by Crippen LogP contribution is 2.31. The smallest absolute Gasteiger partial charge is 0.379 e. The highest BCUT2D eigenvalue weighted by Gasteiger charge is 2.33. The number of hydrogen-bond donors (Lipinski definition) is 0. The van der Waals surface area contributed by atoms with E-state index in [1.807, 2.05) is 0 Å². The van der Waals surface area contributed by atoms with Crippen molar-refractivity contribution in [1.29, 1.82) is 0 Å². The van der Waals surface area contributed by atoms with Crippen molar-refractivity contribution in [2.24, 2.45) is 0 Å². The van der Waals surface area contributed by atoms with Crippen LogP contribution in [-0.2, 0) is 17.5 Å². The van der Waals surface area contributed by atoms with E-state index < -0.39 is 11.7 Å². The summed E-state index contributed by atoms with van der Waals surface area (Å²) in [6.07, 6.45) is -2.82. The minimum Gasteiger partial charge on any atom is -0.379 e. The Kier molecular flexibility index (Phi) is 3.87. The van der Waals surface area contributed by atoms with E-state index in [0.717, 1.165) is 13.1 Å². The van der Waals surface area contributed by atoms with E-state index in [1.165, 1.54) is 19.2 Å². The number of aryl methyl sites for hydroxylation is 1. The first-order chi connectivity index (χ1) is 8.47. The van der Waals surface area contributed by atoms with Crippen molar-refractivity contribution < 1.29 is 17.9 Å². The fourth-order valence-corrected chi connectivity index (χ4v) is 1.97. The second-order valence-electron chi connectivity index (χ2n) is 4.36. The second kappa shape index (κ2) is 5.24. The maximum Gasteiger partial charge on any atom is 0.418 e. The van der Waals surface area contributed by atoms with E-state index >= 15 is 0 Å². The molecule has 2 heterocycles. The number of alkyl halides is 3. The molecule has 2 rings (SSSR count). The Morgan fingerprint density at radius 1 is 1.33 bits per heavy atom. The lowest BCUT2D eigenvalue weighted by Gasteiger charge is -2.26. The van der Waals surface area contributed by atoms with Gasteiger partial charge in [0, 0.05) is 31.5 Å². The Labute approximate surface area is 104 Å². The topological polar surface area (TPSA) is 25.4 Å². The summed E-state index contributed by atoms with van der Waals surface area (Å²) in [7, 11) is 0. The van der Waals surface area contributed by atoms with Crippen LogP contribution in [0.4, 0.5) is 13.2 Å². The van der Waals surface area contributed by atoms with Gasteiger partial charge in [-0.25, -0.2) is 0 Å². The number of rotatable bonds is 2. The molecule has 1 aliphatic heterocycles. The van der Waals surface area contributed by atoms with Crippen LogP contribution in [0.5, 0.6) is 0 Å². The fraction of sp³-hybridized carbons (Fsp3) is 0.583. The van der Waals surface area contributed by atoms with Crippen molar-refractivity contribution in [3.8, 4) is 0 Å². The predicted molar refractivity (Wildman–Crippen MR) is 60.1 cm³/mol. The van der Waals surface area contributed by atoms with Gasteiger partial charge in [0.25, 0.3) is 0 Å². The minimum absolute atomic E-state index is 0.0215. The van der Waals surface area contributed by atoms with Crippen LogP contribution in [0.1, 0.15) is 16.8 Å². The lowest BCUT2D eigenvalue weighted by atomic mass is 10.1. The maximum atomic E-state index is 12.7. The van der Waals surface area contributed by atoms with Gasteiger partial charge in [0.05, 0.1) is 18.8 Å². The molecule has 0 spiro atoms. The summed E-state index contributed by atoms with van der Waals surface area (Å²) in [6, 6.07) is 1.19. The lowest BCUT2D eigenvalue weighted by Crippen LogP contribution is -2.35. The van der Waals surface area contributed by atoms with E-state index in [-0.39, 0.29) is 5.69 Å². The third-order valence-corrected chi connectivity index (χ3v) is 2.96. The molecule has 0 bridgehead atoms. The molecule has 100 valence electrons. The summed E-state index contributed by atoms with van der Waals surface area (Å²) in [5, 5.41) is 0. The molecule has 0 N–H and O–H groups in total. The molecule has 0 radical (unpaired) electrons. The number of pyridine rings is 1. The minimum atomic E-state index is -4.34. The number of nitrogens with zero attached hydrogens (tertiary/aromatic N) is 2. The first-order valence-corrected chi connectivity index (χ1v) is 5.79. The highest BCUT2D eigenvalue weighted by atomic mass is 19.4. The third kappa shape index (κ3) is 3.20. The maximum absolute atomic E-state index is 12.7. The van der Waals surface area contributed by atoms with E-state index in [9.17, 15) is 13.2 Å². The Bertz CT molecular complexity index is 414. The van der Waals surface area contributed by atoms with Gasteiger partial charge in [-0.15, -0.1) is 0 Å². The Morgan fingerprint density at radius 3 is 2.61 bits per heavy atom. The first-order valence-electron chi connectivity index (χ1n) is 5.79. The average molecular weight is 260 g/mol. The summed E-state index contributed by atoms with van der Waals surface area (Å²) < 4.78 is 43.4. The van der Waals surface area contributed by atoms with Crippen molar-refractivity contribution in [1.82, 2.24) is 9.88 Å². The number of morpholine rings is 1. The summed E-state index contributed by atoms with van der Waals surface area (Å²) in [5.41, 5.74) is -0.0312. The molecular formula is C12H15F3N2O. The molecule has 0 aromatic carbocycles. The van der Waals surface area contributed by atoms with Crippen LogP contribution in [0.2, 0.25) is 0 Å². The molecule has 1 saturated heterocycles. The molecule has 0 aliphatic carbocycles. The zero-order valence-electron chi connectivity index (χ0n) is 10.1. The van der Waals surface area contributed by atoms with Crippen LogP contribution in [0.15, 0.2) is 12.3 Å². The molecule has 0 atom stereocenters. The van der Waals surface area contributed by atoms with E-state index in [4.69, 9.17) is 4.74 Å². The molecule has 1 aromatic heterocycles. The number of ether oxygens (including phenoxy) is 1. The van der Waals surface area contributed by atoms with E-state index in [0.29, 0.717) is 25.3 Å². The number of aromatic nitrogens is 1. The van der Waals surface area contributed by atoms with Gasteiger partial charge in [-0.3, -0.25) is 9.88 Å². The van der Waals surface area contributed by atoms with Gasteiger partial charge < -0.3 is 4.74 Å². The molecule has 0 unspecified atom stereocenters. The summed E-state index contributed by atoms with van der Waals surface area (Å²) in [4.78, 5) is 5.90. The molecule has 18 heavy (non-hydrogen) atoms. The van der Waals surface area contributed by atoms with Gasteiger partial charge in [-0.05, 0) is 18.6 Å². The van der Waals surface area contributed by atoms with Crippen LogP contribution in [0, 0.1) is 6.92 Å². The molecule has 0 saturated carbocycles. The zero-order chi connectivity index (χ0) is 13.2. The van der Waals surface area contributed by atoms with Crippen molar-refractivity contribution >= 4 is 0 Å². The largest absolute Gasteiger partial charge is 0.418 e. The van der Waals surface area contributed by atoms with Gasteiger partial charge >= 0.3 is 6.18 Å². The standard InChI is InChI=1S/C12H15F3N2O/c1-9-11(12(13,14)15)6-10(7-16-9)8-17-2-4-18-5-3-17/h6-7H,2-5,8H2,1H3. The molecule has 0 amide bonds. The molecule has 1 aromatic rings. The molecule has 6 heteroatoms. The lowest BCUT2D eigenvalue weighted by molar-refractivity contribution is -0.138. The van der Waals surface area contributed by atoms with Crippen LogP contribution in [-0.4, -0.2) is 36.2 Å². The van der Waals surface area contributed by atoms with Gasteiger partial charge in [0.2, 0.25) is 0 Å². The molecule has 3 nitrogen and oxygen atoms in total. The van der Waals surface area contributed by atoms with Gasteiger partial charge in [0.15, 0.2) is 0 Å². The summed E-state index contributed by atoms with van der Waals surface area (Å²) in [6.45, 7) is 4.61. The first kappa shape index (κ1) is 13.3. The predicted octanol–water partition coefficient (Wildman–Crippen LogP) is 2.24. The summed E-state index contributed by atoms with van der Waals surface area (Å²) >= 11 is 0. The Balaban J connectivity index is 2.14. The fourth-order valence-electron chi connectivity index (χ4n) is 1.97. The van der Waals surface area contributed by atoms with E-state index in [1.54, 1.807) is 0 Å². The van der Waals surface area contributed by atoms with Crippen molar-refractivity contribution in [2.45, 2.75) is 19.6 Å². The van der Waals surface area contributed by atoms with Crippen molar-refractivity contribution in [3.63, 3.8) is 0 Å². The molecule has 1 aliphatic rings. The summed E-state index contributed by atoms with van der Waals surface area (Å²) in [5.74, 6) is 0. The van der Waals surface area contributed by atoms with Crippen molar-refractivity contribution in [3.05, 3.63) is 29.1 Å².